The van der Waals surface area contributed by atoms with Gasteiger partial charge >= 0.3 is 0 Å². The number of amides is 1. The summed E-state index contributed by atoms with van der Waals surface area (Å²) in [6.45, 7) is 5.31. The number of carbonyl (C=O) groups is 1. The Labute approximate surface area is 179 Å². The first-order chi connectivity index (χ1) is 15.2. The van der Waals surface area contributed by atoms with Crippen molar-refractivity contribution in [2.24, 2.45) is 0 Å². The van der Waals surface area contributed by atoms with Crippen LogP contribution in [-0.4, -0.2) is 43.6 Å². The third kappa shape index (κ3) is 3.94. The number of furan rings is 1. The topological polar surface area (TPSA) is 89.1 Å². The zero-order valence-corrected chi connectivity index (χ0v) is 17.4. The predicted octanol–water partition coefficient (Wildman–Crippen LogP) is 2.97. The lowest BCUT2D eigenvalue weighted by atomic mass is 10.1. The van der Waals surface area contributed by atoms with Crippen LogP contribution in [0.15, 0.2) is 59.3 Å². The average molecular weight is 416 g/mol. The summed E-state index contributed by atoms with van der Waals surface area (Å²) in [6, 6.07) is 13.5. The highest BCUT2D eigenvalue weighted by atomic mass is 16.3. The molecule has 0 spiro atoms. The van der Waals surface area contributed by atoms with E-state index in [1.165, 1.54) is 11.8 Å². The summed E-state index contributed by atoms with van der Waals surface area (Å²) in [7, 11) is 0. The van der Waals surface area contributed by atoms with Gasteiger partial charge in [0.05, 0.1) is 17.8 Å². The molecule has 0 saturated carbocycles. The maximum atomic E-state index is 12.3. The Morgan fingerprint density at radius 1 is 1.13 bits per heavy atom. The molecule has 1 N–H and O–H groups in total. The predicted molar refractivity (Wildman–Crippen MR) is 115 cm³/mol. The smallest absolute Gasteiger partial charge is 0.287 e. The molecular formula is C23H24N6O2. The van der Waals surface area contributed by atoms with Crippen LogP contribution in [0.5, 0.6) is 0 Å². The zero-order valence-electron chi connectivity index (χ0n) is 17.4. The van der Waals surface area contributed by atoms with Crippen LogP contribution in [0.4, 0.5) is 0 Å². The number of hydrogen-bond acceptors (Lipinski definition) is 6. The van der Waals surface area contributed by atoms with Crippen LogP contribution in [0.3, 0.4) is 0 Å². The Balaban J connectivity index is 1.29. The van der Waals surface area contributed by atoms with Crippen molar-refractivity contribution in [1.29, 1.82) is 0 Å². The molecule has 1 atom stereocenters. The largest absolute Gasteiger partial charge is 0.459 e. The van der Waals surface area contributed by atoms with Gasteiger partial charge in [0.1, 0.15) is 5.82 Å². The molecule has 1 aliphatic rings. The normalized spacial score (nSPS) is 15.4. The fraction of sp³-hybridized carbons (Fsp3) is 0.304. The number of hydrogen-bond donors (Lipinski definition) is 1. The summed E-state index contributed by atoms with van der Waals surface area (Å²) in [4.78, 5) is 19.3. The summed E-state index contributed by atoms with van der Waals surface area (Å²) in [5, 5.41) is 12.9. The monoisotopic (exact) mass is 416 g/mol. The zero-order chi connectivity index (χ0) is 21.2. The van der Waals surface area contributed by atoms with Crippen molar-refractivity contribution in [3.8, 4) is 0 Å². The van der Waals surface area contributed by atoms with Crippen LogP contribution in [0.25, 0.3) is 10.9 Å². The molecule has 1 amide bonds. The molecule has 0 fully saturated rings. The standard InChI is InChI=1S/C23H24N6O2/c1-16(25-23(30)19-8-4-14-31-19)22-27-26-20-9-11-28(12-13-29(20)22)15-18-6-2-5-17-7-3-10-24-21(17)18/h2-8,10,14,16H,9,11-13,15H2,1H3,(H,25,30). The lowest BCUT2D eigenvalue weighted by Crippen LogP contribution is -2.30. The van der Waals surface area contributed by atoms with Gasteiger partial charge in [-0.2, -0.15) is 0 Å². The molecule has 0 bridgehead atoms. The van der Waals surface area contributed by atoms with Crippen molar-refractivity contribution in [3.05, 3.63) is 77.9 Å². The van der Waals surface area contributed by atoms with Crippen LogP contribution in [0.2, 0.25) is 0 Å². The summed E-state index contributed by atoms with van der Waals surface area (Å²) in [5.41, 5.74) is 2.29. The number of benzene rings is 1. The van der Waals surface area contributed by atoms with Crippen molar-refractivity contribution < 1.29 is 9.21 Å². The molecule has 8 heteroatoms. The lowest BCUT2D eigenvalue weighted by molar-refractivity contribution is 0.0909. The molecule has 1 aliphatic heterocycles. The van der Waals surface area contributed by atoms with Crippen LogP contribution in [0, 0.1) is 0 Å². The highest BCUT2D eigenvalue weighted by Crippen LogP contribution is 2.20. The molecule has 31 heavy (non-hydrogen) atoms. The van der Waals surface area contributed by atoms with Gasteiger partial charge in [-0.3, -0.25) is 14.7 Å². The van der Waals surface area contributed by atoms with E-state index >= 15 is 0 Å². The maximum Gasteiger partial charge on any atom is 0.287 e. The van der Waals surface area contributed by atoms with Crippen molar-refractivity contribution in [3.63, 3.8) is 0 Å². The maximum absolute atomic E-state index is 12.3. The number of carbonyl (C=O) groups excluding carboxylic acids is 1. The minimum absolute atomic E-state index is 0.256. The molecule has 0 aliphatic carbocycles. The molecule has 4 heterocycles. The Morgan fingerprint density at radius 2 is 2.03 bits per heavy atom. The molecule has 5 rings (SSSR count). The van der Waals surface area contributed by atoms with E-state index in [1.54, 1.807) is 12.1 Å². The van der Waals surface area contributed by atoms with Gasteiger partial charge in [0.15, 0.2) is 11.6 Å². The molecule has 4 aromatic rings. The molecule has 1 unspecified atom stereocenters. The molecule has 3 aromatic heterocycles. The van der Waals surface area contributed by atoms with Gasteiger partial charge in [0, 0.05) is 44.2 Å². The summed E-state index contributed by atoms with van der Waals surface area (Å²) in [5.74, 6) is 1.75. The number of aromatic nitrogens is 4. The molecule has 8 nitrogen and oxygen atoms in total. The summed E-state index contributed by atoms with van der Waals surface area (Å²) >= 11 is 0. The highest BCUT2D eigenvalue weighted by molar-refractivity contribution is 5.91. The minimum atomic E-state index is -0.271. The molecular weight excluding hydrogens is 392 g/mol. The fourth-order valence-electron chi connectivity index (χ4n) is 4.14. The minimum Gasteiger partial charge on any atom is -0.459 e. The van der Waals surface area contributed by atoms with Crippen LogP contribution < -0.4 is 5.32 Å². The van der Waals surface area contributed by atoms with Gasteiger partial charge in [-0.1, -0.05) is 24.3 Å². The van der Waals surface area contributed by atoms with Gasteiger partial charge in [-0.05, 0) is 30.7 Å². The SMILES string of the molecule is CC(NC(=O)c1ccco1)c1nnc2n1CCN(Cc1cccc3cccnc13)CC2. The van der Waals surface area contributed by atoms with Crippen molar-refractivity contribution >= 4 is 16.8 Å². The first-order valence-corrected chi connectivity index (χ1v) is 10.5. The van der Waals surface area contributed by atoms with E-state index in [0.29, 0.717) is 0 Å². The Kier molecular flexibility index (Phi) is 5.21. The fourth-order valence-corrected chi connectivity index (χ4v) is 4.14. The quantitative estimate of drug-likeness (QED) is 0.538. The Bertz CT molecular complexity index is 1190. The van der Waals surface area contributed by atoms with Crippen molar-refractivity contribution in [2.75, 3.05) is 13.1 Å². The Hall–Kier alpha value is -3.52. The number of nitrogens with one attached hydrogen (secondary N) is 1. The summed E-state index contributed by atoms with van der Waals surface area (Å²) < 4.78 is 7.31. The number of fused-ring (bicyclic) bond motifs is 2. The number of nitrogens with zero attached hydrogens (tertiary/aromatic N) is 5. The third-order valence-electron chi connectivity index (χ3n) is 5.74. The lowest BCUT2D eigenvalue weighted by Gasteiger charge is -2.20. The van der Waals surface area contributed by atoms with Gasteiger partial charge in [-0.25, -0.2) is 0 Å². The van der Waals surface area contributed by atoms with Crippen LogP contribution in [-0.2, 0) is 19.5 Å². The highest BCUT2D eigenvalue weighted by Gasteiger charge is 2.24. The first-order valence-electron chi connectivity index (χ1n) is 10.5. The van der Waals surface area contributed by atoms with Crippen LogP contribution >= 0.6 is 0 Å². The van der Waals surface area contributed by atoms with Gasteiger partial charge < -0.3 is 14.3 Å². The number of para-hydroxylation sites is 1. The van der Waals surface area contributed by atoms with E-state index in [0.717, 1.165) is 55.2 Å². The van der Waals surface area contributed by atoms with Crippen LogP contribution in [0.1, 0.15) is 40.7 Å². The Morgan fingerprint density at radius 3 is 2.90 bits per heavy atom. The molecule has 0 radical (unpaired) electrons. The van der Waals surface area contributed by atoms with E-state index in [4.69, 9.17) is 4.42 Å². The second-order valence-electron chi connectivity index (χ2n) is 7.82. The second-order valence-corrected chi connectivity index (χ2v) is 7.82. The van der Waals surface area contributed by atoms with Gasteiger partial charge in [0.2, 0.25) is 0 Å². The second kappa shape index (κ2) is 8.31. The molecule has 1 aromatic carbocycles. The first kappa shape index (κ1) is 19.4. The molecule has 158 valence electrons. The number of pyridine rings is 1. The average Bonchev–Trinajstić information content (AvgIpc) is 3.42. The van der Waals surface area contributed by atoms with E-state index in [-0.39, 0.29) is 17.7 Å². The molecule has 0 saturated heterocycles. The third-order valence-corrected chi connectivity index (χ3v) is 5.74. The van der Waals surface area contributed by atoms with Crippen molar-refractivity contribution in [2.45, 2.75) is 32.5 Å². The van der Waals surface area contributed by atoms with Gasteiger partial charge in [0.25, 0.3) is 5.91 Å². The van der Waals surface area contributed by atoms with E-state index in [9.17, 15) is 4.79 Å². The van der Waals surface area contributed by atoms with E-state index in [1.807, 2.05) is 19.2 Å². The van der Waals surface area contributed by atoms with Crippen molar-refractivity contribution in [1.82, 2.24) is 30.0 Å². The summed E-state index contributed by atoms with van der Waals surface area (Å²) in [6.07, 6.45) is 4.15. The van der Waals surface area contributed by atoms with E-state index in [2.05, 4.69) is 54.2 Å². The number of rotatable bonds is 5. The van der Waals surface area contributed by atoms with Gasteiger partial charge in [-0.15, -0.1) is 10.2 Å². The van der Waals surface area contributed by atoms with E-state index < -0.39 is 0 Å².